The third kappa shape index (κ3) is 4.20. The molecule has 1 N–H and O–H groups in total. The van der Waals surface area contributed by atoms with Crippen molar-refractivity contribution in [2.45, 2.75) is 45.1 Å². The Morgan fingerprint density at radius 3 is 2.81 bits per heavy atom. The third-order valence-electron chi connectivity index (χ3n) is 4.13. The van der Waals surface area contributed by atoms with Gasteiger partial charge < -0.3 is 10.1 Å². The molecule has 5 heteroatoms. The number of ether oxygens (including phenoxy) is 1. The fourth-order valence-corrected chi connectivity index (χ4v) is 3.39. The molecular formula is C16H24N2O2S. The largest absolute Gasteiger partial charge is 0.378 e. The van der Waals surface area contributed by atoms with Gasteiger partial charge in [-0.25, -0.2) is 0 Å². The van der Waals surface area contributed by atoms with Gasteiger partial charge in [0.1, 0.15) is 0 Å². The maximum absolute atomic E-state index is 12.0. The second-order valence-electron chi connectivity index (χ2n) is 5.97. The standard InChI is InChI=1S/C16H24N2O2S/c1-4-20-14-9-13(16(14,2)3)18-15(19)11-21-10-12-5-7-17-8-6-12/h5-8,13-14H,4,9-11H2,1-3H3,(H,18,19). The molecule has 1 fully saturated rings. The summed E-state index contributed by atoms with van der Waals surface area (Å²) in [5.74, 6) is 1.45. The normalized spacial score (nSPS) is 23.4. The van der Waals surface area contributed by atoms with Gasteiger partial charge in [-0.05, 0) is 31.0 Å². The quantitative estimate of drug-likeness (QED) is 0.841. The lowest BCUT2D eigenvalue weighted by Gasteiger charge is -2.51. The molecular weight excluding hydrogens is 284 g/mol. The highest BCUT2D eigenvalue weighted by molar-refractivity contribution is 7.99. The van der Waals surface area contributed by atoms with Crippen molar-refractivity contribution in [3.05, 3.63) is 30.1 Å². The van der Waals surface area contributed by atoms with Crippen LogP contribution in [-0.2, 0) is 15.3 Å². The molecule has 1 aliphatic carbocycles. The van der Waals surface area contributed by atoms with Gasteiger partial charge in [-0.1, -0.05) is 13.8 Å². The summed E-state index contributed by atoms with van der Waals surface area (Å²) in [6.07, 6.45) is 4.74. The first kappa shape index (κ1) is 16.3. The highest BCUT2D eigenvalue weighted by Gasteiger charge is 2.49. The Morgan fingerprint density at radius 1 is 1.48 bits per heavy atom. The number of nitrogens with one attached hydrogen (secondary N) is 1. The maximum Gasteiger partial charge on any atom is 0.230 e. The minimum atomic E-state index is 0.0292. The molecule has 1 saturated carbocycles. The number of thioether (sulfide) groups is 1. The van der Waals surface area contributed by atoms with Crippen LogP contribution in [-0.4, -0.2) is 35.4 Å². The first-order valence-electron chi connectivity index (χ1n) is 7.41. The van der Waals surface area contributed by atoms with E-state index in [2.05, 4.69) is 24.1 Å². The number of pyridine rings is 1. The van der Waals surface area contributed by atoms with Gasteiger partial charge in [-0.2, -0.15) is 0 Å². The Morgan fingerprint density at radius 2 is 2.19 bits per heavy atom. The lowest BCUT2D eigenvalue weighted by molar-refractivity contribution is -0.134. The summed E-state index contributed by atoms with van der Waals surface area (Å²) < 4.78 is 5.68. The van der Waals surface area contributed by atoms with Crippen LogP contribution in [0.4, 0.5) is 0 Å². The predicted octanol–water partition coefficient (Wildman–Crippen LogP) is 2.63. The van der Waals surface area contributed by atoms with Crippen LogP contribution < -0.4 is 5.32 Å². The first-order valence-corrected chi connectivity index (χ1v) is 8.57. The lowest BCUT2D eigenvalue weighted by Crippen LogP contribution is -2.62. The smallest absolute Gasteiger partial charge is 0.230 e. The molecule has 2 unspecified atom stereocenters. The van der Waals surface area contributed by atoms with E-state index in [1.54, 1.807) is 24.2 Å². The van der Waals surface area contributed by atoms with Crippen molar-refractivity contribution in [3.8, 4) is 0 Å². The number of amides is 1. The number of hydrogen-bond donors (Lipinski definition) is 1. The van der Waals surface area contributed by atoms with Gasteiger partial charge in [0.25, 0.3) is 0 Å². The molecule has 0 radical (unpaired) electrons. The van der Waals surface area contributed by atoms with E-state index in [-0.39, 0.29) is 23.5 Å². The van der Waals surface area contributed by atoms with E-state index in [1.807, 2.05) is 19.1 Å². The second-order valence-corrected chi connectivity index (χ2v) is 6.96. The first-order chi connectivity index (χ1) is 10.0. The van der Waals surface area contributed by atoms with E-state index in [4.69, 9.17) is 4.74 Å². The fraction of sp³-hybridized carbons (Fsp3) is 0.625. The number of nitrogens with zero attached hydrogens (tertiary/aromatic N) is 1. The molecule has 0 saturated heterocycles. The summed E-state index contributed by atoms with van der Waals surface area (Å²) in [6.45, 7) is 7.06. The topological polar surface area (TPSA) is 51.2 Å². The molecule has 0 aliphatic heterocycles. The molecule has 0 spiro atoms. The van der Waals surface area contributed by atoms with Gasteiger partial charge in [-0.15, -0.1) is 11.8 Å². The van der Waals surface area contributed by atoms with Crippen molar-refractivity contribution >= 4 is 17.7 Å². The summed E-state index contributed by atoms with van der Waals surface area (Å²) in [5, 5.41) is 3.13. The number of rotatable bonds is 7. The monoisotopic (exact) mass is 308 g/mol. The van der Waals surface area contributed by atoms with Crippen LogP contribution in [0, 0.1) is 5.41 Å². The average Bonchev–Trinajstić information content (AvgIpc) is 2.47. The molecule has 1 aromatic rings. The van der Waals surface area contributed by atoms with E-state index in [0.29, 0.717) is 5.75 Å². The summed E-state index contributed by atoms with van der Waals surface area (Å²) in [5.41, 5.74) is 1.23. The van der Waals surface area contributed by atoms with Crippen LogP contribution in [0.3, 0.4) is 0 Å². The number of hydrogen-bond acceptors (Lipinski definition) is 4. The molecule has 1 aromatic heterocycles. The maximum atomic E-state index is 12.0. The number of carbonyl (C=O) groups is 1. The van der Waals surface area contributed by atoms with Crippen LogP contribution in [0.25, 0.3) is 0 Å². The minimum absolute atomic E-state index is 0.0292. The molecule has 0 aromatic carbocycles. The van der Waals surface area contributed by atoms with Gasteiger partial charge >= 0.3 is 0 Å². The van der Waals surface area contributed by atoms with E-state index in [9.17, 15) is 4.79 Å². The average molecular weight is 308 g/mol. The van der Waals surface area contributed by atoms with Crippen molar-refractivity contribution in [1.82, 2.24) is 10.3 Å². The number of carbonyl (C=O) groups excluding carboxylic acids is 1. The van der Waals surface area contributed by atoms with Crippen LogP contribution in [0.5, 0.6) is 0 Å². The number of aromatic nitrogens is 1. The second kappa shape index (κ2) is 7.27. The fourth-order valence-electron chi connectivity index (χ4n) is 2.59. The van der Waals surface area contributed by atoms with Gasteiger partial charge in [0.2, 0.25) is 5.91 Å². The van der Waals surface area contributed by atoms with Crippen molar-refractivity contribution in [3.63, 3.8) is 0 Å². The van der Waals surface area contributed by atoms with Crippen molar-refractivity contribution in [2.24, 2.45) is 5.41 Å². The van der Waals surface area contributed by atoms with Gasteiger partial charge in [-0.3, -0.25) is 9.78 Å². The molecule has 1 heterocycles. The summed E-state index contributed by atoms with van der Waals surface area (Å²) in [7, 11) is 0. The summed E-state index contributed by atoms with van der Waals surface area (Å²) in [6, 6.07) is 4.18. The summed E-state index contributed by atoms with van der Waals surface area (Å²) >= 11 is 1.63. The zero-order valence-electron chi connectivity index (χ0n) is 13.0. The minimum Gasteiger partial charge on any atom is -0.378 e. The Balaban J connectivity index is 1.69. The summed E-state index contributed by atoms with van der Waals surface area (Å²) in [4.78, 5) is 16.0. The Hall–Kier alpha value is -1.07. The van der Waals surface area contributed by atoms with Gasteiger partial charge in [0, 0.05) is 36.2 Å². The zero-order valence-corrected chi connectivity index (χ0v) is 13.8. The van der Waals surface area contributed by atoms with Crippen LogP contribution in [0.1, 0.15) is 32.8 Å². The SMILES string of the molecule is CCOC1CC(NC(=O)CSCc2ccncc2)C1(C)C. The van der Waals surface area contributed by atoms with Gasteiger partial charge in [0.05, 0.1) is 11.9 Å². The lowest BCUT2D eigenvalue weighted by atomic mass is 9.64. The van der Waals surface area contributed by atoms with Crippen molar-refractivity contribution in [2.75, 3.05) is 12.4 Å². The molecule has 2 rings (SSSR count). The predicted molar refractivity (Wildman–Crippen MR) is 86.1 cm³/mol. The molecule has 4 nitrogen and oxygen atoms in total. The van der Waals surface area contributed by atoms with Crippen molar-refractivity contribution in [1.29, 1.82) is 0 Å². The van der Waals surface area contributed by atoms with Crippen LogP contribution in [0.15, 0.2) is 24.5 Å². The van der Waals surface area contributed by atoms with E-state index in [1.165, 1.54) is 5.56 Å². The zero-order chi connectivity index (χ0) is 15.3. The van der Waals surface area contributed by atoms with E-state index in [0.717, 1.165) is 18.8 Å². The molecule has 116 valence electrons. The molecule has 2 atom stereocenters. The highest BCUT2D eigenvalue weighted by Crippen LogP contribution is 2.42. The Bertz CT molecular complexity index is 465. The molecule has 1 amide bonds. The third-order valence-corrected chi connectivity index (χ3v) is 5.14. The highest BCUT2D eigenvalue weighted by atomic mass is 32.2. The Kier molecular flexibility index (Phi) is 5.65. The van der Waals surface area contributed by atoms with E-state index >= 15 is 0 Å². The van der Waals surface area contributed by atoms with Crippen molar-refractivity contribution < 1.29 is 9.53 Å². The van der Waals surface area contributed by atoms with E-state index < -0.39 is 0 Å². The van der Waals surface area contributed by atoms with Crippen LogP contribution in [0.2, 0.25) is 0 Å². The Labute approximate surface area is 131 Å². The molecule has 0 bridgehead atoms. The molecule has 21 heavy (non-hydrogen) atoms. The van der Waals surface area contributed by atoms with Gasteiger partial charge in [0.15, 0.2) is 0 Å². The van der Waals surface area contributed by atoms with Crippen LogP contribution >= 0.6 is 11.8 Å². The molecule has 1 aliphatic rings.